The normalized spacial score (nSPS) is 23.2. The van der Waals surface area contributed by atoms with Gasteiger partial charge >= 0.3 is 5.97 Å². The predicted molar refractivity (Wildman–Crippen MR) is 110 cm³/mol. The number of oxime groups is 1. The van der Waals surface area contributed by atoms with Gasteiger partial charge in [0.2, 0.25) is 5.43 Å². The first kappa shape index (κ1) is 20.3. The van der Waals surface area contributed by atoms with Crippen molar-refractivity contribution in [2.24, 2.45) is 10.9 Å². The number of aromatic carboxylic acids is 1. The third kappa shape index (κ3) is 3.51. The summed E-state index contributed by atoms with van der Waals surface area (Å²) < 4.78 is 16.7. The van der Waals surface area contributed by atoms with Crippen molar-refractivity contribution in [2.45, 2.75) is 44.7 Å². The lowest BCUT2D eigenvalue weighted by molar-refractivity contribution is 0.0695. The van der Waals surface area contributed by atoms with Gasteiger partial charge in [0.15, 0.2) is 11.6 Å². The zero-order valence-electron chi connectivity index (χ0n) is 16.9. The Balaban J connectivity index is 1.79. The van der Waals surface area contributed by atoms with E-state index in [0.29, 0.717) is 25.3 Å². The highest BCUT2D eigenvalue weighted by atomic mass is 19.1. The third-order valence-corrected chi connectivity index (χ3v) is 5.51. The minimum absolute atomic E-state index is 0.0332. The molecule has 3 N–H and O–H groups in total. The highest BCUT2D eigenvalue weighted by molar-refractivity contribution is 5.95. The Kier molecular flexibility index (Phi) is 4.97. The van der Waals surface area contributed by atoms with Gasteiger partial charge in [0.1, 0.15) is 17.8 Å². The Morgan fingerprint density at radius 2 is 2.23 bits per heavy atom. The number of nitrogens with zero attached hydrogens (tertiary/aromatic N) is 4. The van der Waals surface area contributed by atoms with E-state index in [4.69, 9.17) is 10.6 Å². The molecule has 1 atom stereocenters. The van der Waals surface area contributed by atoms with Crippen molar-refractivity contribution in [3.63, 3.8) is 0 Å². The van der Waals surface area contributed by atoms with Crippen LogP contribution in [0.2, 0.25) is 0 Å². The average molecular weight is 417 g/mol. The molecule has 0 radical (unpaired) electrons. The molecule has 2 fully saturated rings. The monoisotopic (exact) mass is 417 g/mol. The first-order valence-electron chi connectivity index (χ1n) is 9.94. The molecule has 9 nitrogen and oxygen atoms in total. The van der Waals surface area contributed by atoms with Gasteiger partial charge in [0.05, 0.1) is 16.6 Å². The van der Waals surface area contributed by atoms with E-state index in [1.54, 1.807) is 16.4 Å². The molecule has 1 unspecified atom stereocenters. The number of nitrogens with two attached hydrogens (primary N) is 1. The first-order valence-corrected chi connectivity index (χ1v) is 9.94. The number of aromatic nitrogens is 2. The second-order valence-corrected chi connectivity index (χ2v) is 8.03. The lowest BCUT2D eigenvalue weighted by atomic mass is 9.90. The van der Waals surface area contributed by atoms with E-state index in [2.05, 4.69) is 10.1 Å². The maximum Gasteiger partial charge on any atom is 0.341 e. The number of piperidine rings is 1. The number of rotatable bonds is 5. The molecule has 4 rings (SSSR count). The van der Waals surface area contributed by atoms with Crippen LogP contribution in [0.5, 0.6) is 0 Å². The summed E-state index contributed by atoms with van der Waals surface area (Å²) in [5, 5.41) is 13.4. The van der Waals surface area contributed by atoms with Gasteiger partial charge in [-0.05, 0) is 32.8 Å². The van der Waals surface area contributed by atoms with Gasteiger partial charge in [-0.3, -0.25) is 4.79 Å². The minimum atomic E-state index is -1.34. The molecule has 1 aliphatic heterocycles. The number of carbonyl (C=O) groups is 1. The Morgan fingerprint density at radius 3 is 2.83 bits per heavy atom. The Hall–Kier alpha value is -3.01. The second kappa shape index (κ2) is 7.35. The van der Waals surface area contributed by atoms with E-state index in [1.165, 1.54) is 6.20 Å². The number of halogens is 1. The summed E-state index contributed by atoms with van der Waals surface area (Å²) >= 11 is 0. The fourth-order valence-electron chi connectivity index (χ4n) is 3.81. The summed E-state index contributed by atoms with van der Waals surface area (Å²) in [6.07, 6.45) is 3.51. The number of fused-ring (bicyclic) bond motifs is 1. The number of hydrogen-bond acceptors (Lipinski definition) is 7. The highest BCUT2D eigenvalue weighted by Gasteiger charge is 2.36. The van der Waals surface area contributed by atoms with Crippen molar-refractivity contribution >= 4 is 28.5 Å². The van der Waals surface area contributed by atoms with Gasteiger partial charge in [-0.2, -0.15) is 0 Å². The van der Waals surface area contributed by atoms with Crippen molar-refractivity contribution in [3.05, 3.63) is 33.9 Å². The SMILES string of the molecule is CCO/N=C1\CCN(c2nc3c(cc2F)c(=O)c(C(=O)O)cn3C2CC2)CC1(C)N. The molecule has 1 aliphatic carbocycles. The van der Waals surface area contributed by atoms with Crippen LogP contribution in [0.15, 0.2) is 22.2 Å². The van der Waals surface area contributed by atoms with Gasteiger partial charge in [-0.25, -0.2) is 14.2 Å². The van der Waals surface area contributed by atoms with Crippen molar-refractivity contribution in [2.75, 3.05) is 24.6 Å². The summed E-state index contributed by atoms with van der Waals surface area (Å²) in [6, 6.07) is 1.14. The van der Waals surface area contributed by atoms with E-state index >= 15 is 4.39 Å². The molecule has 2 aromatic rings. The fourth-order valence-corrected chi connectivity index (χ4v) is 3.81. The average Bonchev–Trinajstić information content (AvgIpc) is 3.51. The van der Waals surface area contributed by atoms with Crippen molar-refractivity contribution < 1.29 is 19.1 Å². The predicted octanol–water partition coefficient (Wildman–Crippen LogP) is 1.89. The zero-order chi connectivity index (χ0) is 21.6. The molecule has 10 heteroatoms. The molecule has 2 aromatic heterocycles. The molecular formula is C20H24FN5O4. The number of carboxylic acids is 1. The van der Waals surface area contributed by atoms with Crippen LogP contribution in [0.3, 0.4) is 0 Å². The van der Waals surface area contributed by atoms with Crippen LogP contribution in [0.25, 0.3) is 11.0 Å². The van der Waals surface area contributed by atoms with Gasteiger partial charge < -0.3 is 25.1 Å². The molecule has 0 amide bonds. The van der Waals surface area contributed by atoms with Crippen molar-refractivity contribution in [1.29, 1.82) is 0 Å². The molecule has 1 saturated heterocycles. The van der Waals surface area contributed by atoms with Gasteiger partial charge in [-0.1, -0.05) is 5.16 Å². The van der Waals surface area contributed by atoms with Crippen LogP contribution in [-0.2, 0) is 4.84 Å². The number of carboxylic acid groups (broad SMARTS) is 1. The van der Waals surface area contributed by atoms with Gasteiger partial charge in [0, 0.05) is 31.7 Å². The van der Waals surface area contributed by atoms with Gasteiger partial charge in [-0.15, -0.1) is 0 Å². The molecular weight excluding hydrogens is 393 g/mol. The Labute approximate surface area is 171 Å². The lowest BCUT2D eigenvalue weighted by Crippen LogP contribution is -2.59. The quantitative estimate of drug-likeness (QED) is 0.712. The van der Waals surface area contributed by atoms with Crippen LogP contribution in [0.4, 0.5) is 10.2 Å². The molecule has 0 bridgehead atoms. The van der Waals surface area contributed by atoms with Gasteiger partial charge in [0.25, 0.3) is 0 Å². The van der Waals surface area contributed by atoms with Crippen LogP contribution >= 0.6 is 0 Å². The third-order valence-electron chi connectivity index (χ3n) is 5.51. The summed E-state index contributed by atoms with van der Waals surface area (Å²) in [6.45, 7) is 4.77. The largest absolute Gasteiger partial charge is 0.477 e. The van der Waals surface area contributed by atoms with Crippen LogP contribution in [-0.4, -0.2) is 51.6 Å². The molecule has 0 aromatic carbocycles. The molecule has 30 heavy (non-hydrogen) atoms. The summed E-state index contributed by atoms with van der Waals surface area (Å²) in [7, 11) is 0. The smallest absolute Gasteiger partial charge is 0.341 e. The maximum atomic E-state index is 15.0. The standard InChI is InChI=1S/C20H24FN5O4/c1-3-30-24-15-6-7-25(10-20(15,2)22)18-14(21)8-12-16(27)13(19(28)29)9-26(11-4-5-11)17(12)23-18/h8-9,11H,3-7,10,22H2,1-2H3,(H,28,29)/b24-15+. The lowest BCUT2D eigenvalue weighted by Gasteiger charge is -2.39. The van der Waals surface area contributed by atoms with E-state index in [0.717, 1.165) is 18.9 Å². The topological polar surface area (TPSA) is 123 Å². The summed E-state index contributed by atoms with van der Waals surface area (Å²) in [5.74, 6) is -1.94. The van der Waals surface area contributed by atoms with E-state index in [9.17, 15) is 14.7 Å². The highest BCUT2D eigenvalue weighted by Crippen LogP contribution is 2.37. The number of pyridine rings is 2. The molecule has 160 valence electrons. The van der Waals surface area contributed by atoms with Crippen molar-refractivity contribution in [1.82, 2.24) is 9.55 Å². The fraction of sp³-hybridized carbons (Fsp3) is 0.500. The second-order valence-electron chi connectivity index (χ2n) is 8.03. The molecule has 2 aliphatic rings. The molecule has 3 heterocycles. The van der Waals surface area contributed by atoms with E-state index in [1.807, 2.05) is 6.92 Å². The van der Waals surface area contributed by atoms with Crippen LogP contribution in [0, 0.1) is 5.82 Å². The number of anilines is 1. The summed E-state index contributed by atoms with van der Waals surface area (Å²) in [4.78, 5) is 35.4. The maximum absolute atomic E-state index is 15.0. The minimum Gasteiger partial charge on any atom is -0.477 e. The molecule has 0 spiro atoms. The van der Waals surface area contributed by atoms with Crippen molar-refractivity contribution in [3.8, 4) is 0 Å². The van der Waals surface area contributed by atoms with Crippen LogP contribution < -0.4 is 16.1 Å². The zero-order valence-corrected chi connectivity index (χ0v) is 16.9. The summed E-state index contributed by atoms with van der Waals surface area (Å²) in [5.41, 5.74) is 5.43. The first-order chi connectivity index (χ1) is 14.2. The van der Waals surface area contributed by atoms with Crippen LogP contribution in [0.1, 0.15) is 49.5 Å². The van der Waals surface area contributed by atoms with E-state index < -0.39 is 22.8 Å². The Morgan fingerprint density at radius 1 is 1.50 bits per heavy atom. The number of hydrogen-bond donors (Lipinski definition) is 2. The Bertz CT molecular complexity index is 1110. The molecule has 1 saturated carbocycles. The van der Waals surface area contributed by atoms with E-state index in [-0.39, 0.29) is 35.0 Å².